The van der Waals surface area contributed by atoms with Gasteiger partial charge >= 0.3 is 0 Å². The van der Waals surface area contributed by atoms with E-state index in [1.807, 2.05) is 36.4 Å². The number of rotatable bonds is 3. The molecule has 6 heteroatoms. The highest BCUT2D eigenvalue weighted by Gasteiger charge is 2.41. The van der Waals surface area contributed by atoms with E-state index in [-0.39, 0.29) is 0 Å². The Labute approximate surface area is 198 Å². The van der Waals surface area contributed by atoms with Crippen molar-refractivity contribution in [3.63, 3.8) is 0 Å². The number of H-pyrrole nitrogens is 1. The first-order valence-electron chi connectivity index (χ1n) is 12.0. The zero-order valence-corrected chi connectivity index (χ0v) is 19.1. The quantitative estimate of drug-likeness (QED) is 0.387. The van der Waals surface area contributed by atoms with Gasteiger partial charge < -0.3 is 10.3 Å². The molecule has 2 unspecified atom stereocenters. The maximum Gasteiger partial charge on any atom is 0.165 e. The van der Waals surface area contributed by atoms with Crippen molar-refractivity contribution in [3.05, 3.63) is 71.9 Å². The largest absolute Gasteiger partial charge is 0.367 e. The van der Waals surface area contributed by atoms with Gasteiger partial charge in [-0.1, -0.05) is 31.0 Å². The molecule has 2 atom stereocenters. The maximum atomic E-state index is 14.0. The molecule has 1 aromatic carbocycles. The molecule has 2 N–H and O–H groups in total. The predicted molar refractivity (Wildman–Crippen MR) is 132 cm³/mol. The van der Waals surface area contributed by atoms with Gasteiger partial charge in [-0.3, -0.25) is 0 Å². The number of benzene rings is 1. The van der Waals surface area contributed by atoms with Crippen molar-refractivity contribution in [1.82, 2.24) is 19.9 Å². The minimum Gasteiger partial charge on any atom is -0.367 e. The van der Waals surface area contributed by atoms with Gasteiger partial charge in [0.05, 0.1) is 6.20 Å². The highest BCUT2D eigenvalue weighted by Crippen LogP contribution is 2.46. The topological polar surface area (TPSA) is 66.5 Å². The lowest BCUT2D eigenvalue weighted by Crippen LogP contribution is -2.47. The molecule has 3 saturated carbocycles. The van der Waals surface area contributed by atoms with Crippen LogP contribution in [0.1, 0.15) is 43.9 Å². The Balaban J connectivity index is 1.42. The summed E-state index contributed by atoms with van der Waals surface area (Å²) in [4.78, 5) is 16.9. The number of aromatic nitrogens is 4. The second kappa shape index (κ2) is 8.57. The summed E-state index contributed by atoms with van der Waals surface area (Å²) in [5.74, 6) is 9.35. The molecule has 7 rings (SSSR count). The van der Waals surface area contributed by atoms with Crippen molar-refractivity contribution in [3.8, 4) is 23.2 Å². The molecular weight excluding hydrogens is 425 g/mol. The number of nitrogens with one attached hydrogen (secondary N) is 2. The molecule has 3 heterocycles. The summed E-state index contributed by atoms with van der Waals surface area (Å²) in [5.41, 5.74) is 2.87. The maximum absolute atomic E-state index is 14.0. The Bertz CT molecular complexity index is 1390. The van der Waals surface area contributed by atoms with E-state index in [4.69, 9.17) is 9.97 Å². The molecule has 0 amide bonds. The molecule has 0 radical (unpaired) electrons. The predicted octanol–water partition coefficient (Wildman–Crippen LogP) is 5.80. The minimum absolute atomic E-state index is 0.390. The lowest BCUT2D eigenvalue weighted by molar-refractivity contribution is 0.0928. The third-order valence-corrected chi connectivity index (χ3v) is 7.52. The molecule has 0 saturated heterocycles. The number of hydrogen-bond acceptors (Lipinski definition) is 4. The standard InChI is InChI=1S/C28H26FN5/c1-17-19-8-10-20(11-9-19)26(17)33-25-14-22(12-7-18-5-3-2-4-6-18)32-28(34-25)24-16-31-27-23(24)13-21(29)15-30-27/h2-6,13-17,19-20,26H,8-11H2,1H3,(H,30,31)(H,32,33,34). The van der Waals surface area contributed by atoms with Gasteiger partial charge in [0, 0.05) is 34.8 Å². The van der Waals surface area contributed by atoms with Gasteiger partial charge in [-0.15, -0.1) is 0 Å². The summed E-state index contributed by atoms with van der Waals surface area (Å²) < 4.78 is 14.0. The Hall–Kier alpha value is -3.72. The highest BCUT2D eigenvalue weighted by atomic mass is 19.1. The number of anilines is 1. The van der Waals surface area contributed by atoms with Crippen molar-refractivity contribution < 1.29 is 4.39 Å². The van der Waals surface area contributed by atoms with Gasteiger partial charge in [-0.2, -0.15) is 0 Å². The molecule has 3 aliphatic carbocycles. The van der Waals surface area contributed by atoms with E-state index in [0.29, 0.717) is 46.0 Å². The Morgan fingerprint density at radius 1 is 1.00 bits per heavy atom. The second-order valence-electron chi connectivity index (χ2n) is 9.53. The molecule has 4 aromatic rings. The molecule has 170 valence electrons. The van der Waals surface area contributed by atoms with Gasteiger partial charge in [0.15, 0.2) is 5.82 Å². The van der Waals surface area contributed by atoms with Gasteiger partial charge in [0.1, 0.15) is 23.0 Å². The summed E-state index contributed by atoms with van der Waals surface area (Å²) in [6, 6.07) is 13.7. The van der Waals surface area contributed by atoms with Crippen molar-refractivity contribution in [2.24, 2.45) is 17.8 Å². The van der Waals surface area contributed by atoms with Crippen LogP contribution in [-0.4, -0.2) is 26.0 Å². The van der Waals surface area contributed by atoms with E-state index in [2.05, 4.69) is 34.0 Å². The van der Waals surface area contributed by atoms with E-state index in [9.17, 15) is 4.39 Å². The number of aromatic amines is 1. The van der Waals surface area contributed by atoms with Crippen molar-refractivity contribution >= 4 is 16.9 Å². The van der Waals surface area contributed by atoms with Gasteiger partial charge in [0.25, 0.3) is 0 Å². The van der Waals surface area contributed by atoms with Crippen LogP contribution in [0.2, 0.25) is 0 Å². The number of fused-ring (bicyclic) bond motifs is 4. The number of hydrogen-bond donors (Lipinski definition) is 2. The van der Waals surface area contributed by atoms with Crippen LogP contribution in [-0.2, 0) is 0 Å². The molecule has 34 heavy (non-hydrogen) atoms. The lowest BCUT2D eigenvalue weighted by Gasteiger charge is -2.47. The lowest BCUT2D eigenvalue weighted by atomic mass is 9.62. The second-order valence-corrected chi connectivity index (χ2v) is 9.53. The molecule has 0 spiro atoms. The van der Waals surface area contributed by atoms with Crippen LogP contribution in [0.3, 0.4) is 0 Å². The summed E-state index contributed by atoms with van der Waals surface area (Å²) in [6.45, 7) is 2.36. The summed E-state index contributed by atoms with van der Waals surface area (Å²) in [6.07, 6.45) is 8.21. The van der Waals surface area contributed by atoms with E-state index >= 15 is 0 Å². The van der Waals surface area contributed by atoms with Crippen molar-refractivity contribution in [1.29, 1.82) is 0 Å². The Morgan fingerprint density at radius 2 is 1.79 bits per heavy atom. The molecule has 5 nitrogen and oxygen atoms in total. The summed E-state index contributed by atoms with van der Waals surface area (Å²) >= 11 is 0. The Kier molecular flexibility index (Phi) is 5.26. The van der Waals surface area contributed by atoms with Crippen LogP contribution in [0.15, 0.2) is 54.9 Å². The molecular formula is C28H26FN5. The van der Waals surface area contributed by atoms with Crippen LogP contribution in [0.4, 0.5) is 10.2 Å². The van der Waals surface area contributed by atoms with E-state index in [1.54, 1.807) is 6.20 Å². The summed E-state index contributed by atoms with van der Waals surface area (Å²) in [5, 5.41) is 4.40. The molecule has 0 aliphatic heterocycles. The number of nitrogens with zero attached hydrogens (tertiary/aromatic N) is 3. The first-order valence-corrected chi connectivity index (χ1v) is 12.0. The smallest absolute Gasteiger partial charge is 0.165 e. The van der Waals surface area contributed by atoms with Crippen molar-refractivity contribution in [2.45, 2.75) is 38.6 Å². The SMILES string of the molecule is CC1C2CCC(CC2)C1Nc1cc(C#Cc2ccccc2)nc(-c2c[nH]c3ncc(F)cc23)n1. The monoisotopic (exact) mass is 451 g/mol. The molecule has 3 aliphatic rings. The number of halogens is 1. The van der Waals surface area contributed by atoms with Gasteiger partial charge in [-0.05, 0) is 67.6 Å². The fourth-order valence-corrected chi connectivity index (χ4v) is 5.70. The zero-order chi connectivity index (χ0) is 23.1. The van der Waals surface area contributed by atoms with E-state index in [0.717, 1.165) is 17.3 Å². The van der Waals surface area contributed by atoms with E-state index < -0.39 is 5.82 Å². The summed E-state index contributed by atoms with van der Waals surface area (Å²) in [7, 11) is 0. The average molecular weight is 452 g/mol. The third kappa shape index (κ3) is 3.92. The molecule has 3 aromatic heterocycles. The van der Waals surface area contributed by atoms with E-state index in [1.165, 1.54) is 37.9 Å². The van der Waals surface area contributed by atoms with Crippen LogP contribution in [0.25, 0.3) is 22.4 Å². The molecule has 2 bridgehead atoms. The zero-order valence-electron chi connectivity index (χ0n) is 19.1. The number of pyridine rings is 1. The fourth-order valence-electron chi connectivity index (χ4n) is 5.70. The van der Waals surface area contributed by atoms with Gasteiger partial charge in [0.2, 0.25) is 0 Å². The third-order valence-electron chi connectivity index (χ3n) is 7.52. The van der Waals surface area contributed by atoms with Crippen LogP contribution in [0.5, 0.6) is 0 Å². The first kappa shape index (κ1) is 20.9. The van der Waals surface area contributed by atoms with Crippen LogP contribution >= 0.6 is 0 Å². The molecule has 3 fully saturated rings. The minimum atomic E-state index is -0.390. The highest BCUT2D eigenvalue weighted by molar-refractivity contribution is 5.91. The Morgan fingerprint density at radius 3 is 2.59 bits per heavy atom. The first-order chi connectivity index (χ1) is 16.6. The van der Waals surface area contributed by atoms with Crippen LogP contribution < -0.4 is 5.32 Å². The fraction of sp³-hybridized carbons (Fsp3) is 0.321. The van der Waals surface area contributed by atoms with Crippen molar-refractivity contribution in [2.75, 3.05) is 5.32 Å². The average Bonchev–Trinajstić information content (AvgIpc) is 3.29. The van der Waals surface area contributed by atoms with Gasteiger partial charge in [-0.25, -0.2) is 19.3 Å². The van der Waals surface area contributed by atoms with Crippen LogP contribution in [0, 0.1) is 35.4 Å². The normalized spacial score (nSPS) is 23.5.